The molecule has 4 heteroatoms. The monoisotopic (exact) mass is 272 g/mol. The summed E-state index contributed by atoms with van der Waals surface area (Å²) in [4.78, 5) is 13.8. The Morgan fingerprint density at radius 1 is 1.15 bits per heavy atom. The second-order valence-corrected chi connectivity index (χ2v) is 4.57. The third-order valence-electron chi connectivity index (χ3n) is 2.98. The van der Waals surface area contributed by atoms with Crippen LogP contribution in [0, 0.1) is 5.82 Å². The molecule has 2 aromatic rings. The zero-order valence-corrected chi connectivity index (χ0v) is 11.3. The van der Waals surface area contributed by atoms with Gasteiger partial charge in [-0.2, -0.15) is 0 Å². The van der Waals surface area contributed by atoms with E-state index in [0.717, 1.165) is 5.69 Å². The van der Waals surface area contributed by atoms with E-state index in [-0.39, 0.29) is 11.7 Å². The molecule has 1 N–H and O–H groups in total. The summed E-state index contributed by atoms with van der Waals surface area (Å²) in [5, 5.41) is 2.68. The van der Waals surface area contributed by atoms with Crippen molar-refractivity contribution < 1.29 is 9.18 Å². The van der Waals surface area contributed by atoms with Gasteiger partial charge in [0.25, 0.3) is 0 Å². The van der Waals surface area contributed by atoms with E-state index < -0.39 is 0 Å². The number of nitrogens with one attached hydrogen (secondary N) is 1. The molecule has 0 heterocycles. The molecule has 0 unspecified atom stereocenters. The van der Waals surface area contributed by atoms with Gasteiger partial charge in [0.1, 0.15) is 5.82 Å². The lowest BCUT2D eigenvalue weighted by atomic mass is 10.2. The van der Waals surface area contributed by atoms with Crippen molar-refractivity contribution in [1.29, 1.82) is 0 Å². The average molecular weight is 272 g/mol. The number of hydrogen-bond acceptors (Lipinski definition) is 2. The van der Waals surface area contributed by atoms with Crippen LogP contribution in [-0.4, -0.2) is 19.5 Å². The quantitative estimate of drug-likeness (QED) is 0.905. The van der Waals surface area contributed by atoms with E-state index in [2.05, 4.69) is 5.32 Å². The third-order valence-corrected chi connectivity index (χ3v) is 2.98. The van der Waals surface area contributed by atoms with Gasteiger partial charge in [-0.1, -0.05) is 24.3 Å². The van der Waals surface area contributed by atoms with Gasteiger partial charge < -0.3 is 10.2 Å². The molecule has 0 aliphatic carbocycles. The van der Waals surface area contributed by atoms with Gasteiger partial charge in [0.2, 0.25) is 5.91 Å². The predicted molar refractivity (Wildman–Crippen MR) is 79.4 cm³/mol. The number of hydrogen-bond donors (Lipinski definition) is 1. The zero-order chi connectivity index (χ0) is 14.4. The number of amides is 1. The van der Waals surface area contributed by atoms with Gasteiger partial charge in [-0.05, 0) is 30.3 Å². The summed E-state index contributed by atoms with van der Waals surface area (Å²) in [7, 11) is 1.94. The first-order valence-corrected chi connectivity index (χ1v) is 6.47. The molecule has 104 valence electrons. The minimum atomic E-state index is -0.357. The highest BCUT2D eigenvalue weighted by atomic mass is 19.1. The highest BCUT2D eigenvalue weighted by Crippen LogP contribution is 2.12. The fourth-order valence-electron chi connectivity index (χ4n) is 1.87. The van der Waals surface area contributed by atoms with Crippen LogP contribution in [0.15, 0.2) is 54.6 Å². The highest BCUT2D eigenvalue weighted by Gasteiger charge is 2.06. The largest absolute Gasteiger partial charge is 0.374 e. The van der Waals surface area contributed by atoms with E-state index in [0.29, 0.717) is 18.7 Å². The summed E-state index contributed by atoms with van der Waals surface area (Å²) in [5.74, 6) is -0.484. The van der Waals surface area contributed by atoms with Crippen LogP contribution in [0.2, 0.25) is 0 Å². The molecule has 0 aliphatic rings. The Kier molecular flexibility index (Phi) is 4.71. The first kappa shape index (κ1) is 14.1. The Hall–Kier alpha value is -2.36. The number of carbonyl (C=O) groups is 1. The van der Waals surface area contributed by atoms with E-state index in [9.17, 15) is 9.18 Å². The van der Waals surface area contributed by atoms with Gasteiger partial charge in [0, 0.05) is 31.4 Å². The lowest BCUT2D eigenvalue weighted by Crippen LogP contribution is -2.23. The van der Waals surface area contributed by atoms with Crippen LogP contribution in [0.5, 0.6) is 0 Å². The smallest absolute Gasteiger partial charge is 0.226 e. The van der Waals surface area contributed by atoms with E-state index in [1.807, 2.05) is 42.3 Å². The fourth-order valence-corrected chi connectivity index (χ4v) is 1.87. The van der Waals surface area contributed by atoms with E-state index in [4.69, 9.17) is 0 Å². The van der Waals surface area contributed by atoms with Gasteiger partial charge in [-0.3, -0.25) is 4.79 Å². The summed E-state index contributed by atoms with van der Waals surface area (Å²) in [6, 6.07) is 15.7. The number of rotatable bonds is 5. The highest BCUT2D eigenvalue weighted by molar-refractivity contribution is 5.90. The Bertz CT molecular complexity index is 572. The molecule has 0 aromatic heterocycles. The molecule has 0 radical (unpaired) electrons. The summed E-state index contributed by atoms with van der Waals surface area (Å²) >= 11 is 0. The number of anilines is 2. The van der Waals surface area contributed by atoms with Crippen molar-refractivity contribution in [3.05, 3.63) is 60.4 Å². The molecular weight excluding hydrogens is 255 g/mol. The van der Waals surface area contributed by atoms with E-state index in [1.165, 1.54) is 12.1 Å². The Balaban J connectivity index is 1.83. The Labute approximate surface area is 118 Å². The molecule has 0 saturated carbocycles. The lowest BCUT2D eigenvalue weighted by molar-refractivity contribution is -0.116. The van der Waals surface area contributed by atoms with Crippen molar-refractivity contribution in [1.82, 2.24) is 0 Å². The summed E-state index contributed by atoms with van der Waals surface area (Å²) in [5.41, 5.74) is 1.54. The van der Waals surface area contributed by atoms with Crippen molar-refractivity contribution >= 4 is 17.3 Å². The maximum Gasteiger partial charge on any atom is 0.226 e. The first-order valence-electron chi connectivity index (χ1n) is 6.47. The number of para-hydroxylation sites is 1. The van der Waals surface area contributed by atoms with E-state index in [1.54, 1.807) is 12.1 Å². The zero-order valence-electron chi connectivity index (χ0n) is 11.3. The third kappa shape index (κ3) is 4.09. The molecule has 0 aliphatic heterocycles. The summed E-state index contributed by atoms with van der Waals surface area (Å²) in [6.07, 6.45) is 0.349. The van der Waals surface area contributed by atoms with Crippen molar-refractivity contribution in [2.45, 2.75) is 6.42 Å². The van der Waals surface area contributed by atoms with E-state index >= 15 is 0 Å². The molecule has 0 fully saturated rings. The molecule has 0 saturated heterocycles. The number of nitrogens with zero attached hydrogens (tertiary/aromatic N) is 1. The SMILES string of the molecule is CN(CCC(=O)Nc1cccc(F)c1)c1ccccc1. The van der Waals surface area contributed by atoms with Gasteiger partial charge in [-0.25, -0.2) is 4.39 Å². The van der Waals surface area contributed by atoms with Crippen LogP contribution in [0.1, 0.15) is 6.42 Å². The van der Waals surface area contributed by atoms with Crippen LogP contribution in [0.25, 0.3) is 0 Å². The topological polar surface area (TPSA) is 32.3 Å². The van der Waals surface area contributed by atoms with Crippen LogP contribution in [0.4, 0.5) is 15.8 Å². The van der Waals surface area contributed by atoms with Crippen molar-refractivity contribution in [2.24, 2.45) is 0 Å². The van der Waals surface area contributed by atoms with Crippen LogP contribution < -0.4 is 10.2 Å². The molecule has 2 aromatic carbocycles. The maximum atomic E-state index is 13.0. The van der Waals surface area contributed by atoms with Gasteiger partial charge in [-0.15, -0.1) is 0 Å². The minimum absolute atomic E-state index is 0.126. The predicted octanol–water partition coefficient (Wildman–Crippen LogP) is 3.29. The molecule has 3 nitrogen and oxygen atoms in total. The molecule has 2 rings (SSSR count). The van der Waals surface area contributed by atoms with Crippen LogP contribution >= 0.6 is 0 Å². The number of halogens is 1. The van der Waals surface area contributed by atoms with Gasteiger partial charge >= 0.3 is 0 Å². The van der Waals surface area contributed by atoms with Gasteiger partial charge in [0.15, 0.2) is 0 Å². The van der Waals surface area contributed by atoms with Crippen molar-refractivity contribution in [2.75, 3.05) is 23.8 Å². The van der Waals surface area contributed by atoms with Gasteiger partial charge in [0.05, 0.1) is 0 Å². The van der Waals surface area contributed by atoms with Crippen molar-refractivity contribution in [3.8, 4) is 0 Å². The minimum Gasteiger partial charge on any atom is -0.374 e. The maximum absolute atomic E-state index is 13.0. The molecule has 0 atom stereocenters. The van der Waals surface area contributed by atoms with Crippen molar-refractivity contribution in [3.63, 3.8) is 0 Å². The fraction of sp³-hybridized carbons (Fsp3) is 0.188. The molecule has 20 heavy (non-hydrogen) atoms. The molecular formula is C16H17FN2O. The molecule has 0 spiro atoms. The number of carbonyl (C=O) groups excluding carboxylic acids is 1. The summed E-state index contributed by atoms with van der Waals surface area (Å²) < 4.78 is 13.0. The Morgan fingerprint density at radius 2 is 1.90 bits per heavy atom. The first-order chi connectivity index (χ1) is 9.65. The molecule has 1 amide bonds. The average Bonchev–Trinajstić information content (AvgIpc) is 2.46. The standard InChI is InChI=1S/C16H17FN2O/c1-19(15-8-3-2-4-9-15)11-10-16(20)18-14-7-5-6-13(17)12-14/h2-9,12H,10-11H2,1H3,(H,18,20). The lowest BCUT2D eigenvalue weighted by Gasteiger charge is -2.18. The normalized spacial score (nSPS) is 10.1. The van der Waals surface area contributed by atoms with Crippen LogP contribution in [0.3, 0.4) is 0 Å². The Morgan fingerprint density at radius 3 is 2.60 bits per heavy atom. The molecule has 0 bridgehead atoms. The number of benzene rings is 2. The second-order valence-electron chi connectivity index (χ2n) is 4.57. The van der Waals surface area contributed by atoms with Crippen LogP contribution in [-0.2, 0) is 4.79 Å². The second kappa shape index (κ2) is 6.70. The summed E-state index contributed by atoms with van der Waals surface area (Å²) in [6.45, 7) is 0.602.